The van der Waals surface area contributed by atoms with Gasteiger partial charge in [-0.3, -0.25) is 28.8 Å². The van der Waals surface area contributed by atoms with Gasteiger partial charge in [-0.2, -0.15) is 10.5 Å². The second-order valence-electron chi connectivity index (χ2n) is 11.4. The molecule has 1 fully saturated rings. The Labute approximate surface area is 297 Å². The molecule has 18 heteroatoms. The Morgan fingerprint density at radius 3 is 1.29 bits per heavy atom. The molecule has 0 aromatic heterocycles. The molecule has 1 saturated heterocycles. The quantitative estimate of drug-likeness (QED) is 0.0987. The maximum atomic E-state index is 12.6. The Hall–Kier alpha value is -6.82. The highest BCUT2D eigenvalue weighted by Gasteiger charge is 2.36. The van der Waals surface area contributed by atoms with Crippen LogP contribution in [0, 0.1) is 22.7 Å². The molecule has 6 N–H and O–H groups in total. The molecular weight excluding hydrogens is 680 g/mol. The fourth-order valence-electron chi connectivity index (χ4n) is 4.90. The van der Waals surface area contributed by atoms with Crippen LogP contribution < -0.4 is 31.9 Å². The van der Waals surface area contributed by atoms with Crippen LogP contribution in [0.4, 0.5) is 0 Å². The molecule has 2 unspecified atom stereocenters. The number of piperazine rings is 1. The summed E-state index contributed by atoms with van der Waals surface area (Å²) in [5.41, 5.74) is 2.11. The molecule has 3 rings (SSSR count). The number of carbonyl (C=O) groups is 8. The molecule has 0 saturated carbocycles. The van der Waals surface area contributed by atoms with Gasteiger partial charge in [0.1, 0.15) is 24.2 Å². The molecule has 0 spiro atoms. The summed E-state index contributed by atoms with van der Waals surface area (Å²) >= 11 is 0. The van der Waals surface area contributed by atoms with E-state index >= 15 is 0 Å². The van der Waals surface area contributed by atoms with Gasteiger partial charge in [0.05, 0.1) is 63.4 Å². The fraction of sp³-hybridized carbons (Fsp3) is 0.353. The van der Waals surface area contributed by atoms with E-state index in [0.29, 0.717) is 22.3 Å². The Kier molecular flexibility index (Phi) is 14.8. The summed E-state index contributed by atoms with van der Waals surface area (Å²) in [5.74, 6) is -6.03. The Morgan fingerprint density at radius 1 is 0.635 bits per heavy atom. The first-order valence-electron chi connectivity index (χ1n) is 15.7. The molecule has 0 aliphatic carbocycles. The van der Waals surface area contributed by atoms with Crippen molar-refractivity contribution in [2.45, 2.75) is 49.9 Å². The lowest BCUT2D eigenvalue weighted by Crippen LogP contribution is -2.63. The zero-order valence-electron chi connectivity index (χ0n) is 28.1. The number of esters is 2. The first-order chi connectivity index (χ1) is 24.8. The van der Waals surface area contributed by atoms with Crippen molar-refractivity contribution in [2.24, 2.45) is 0 Å². The number of methoxy groups -OCH3 is 2. The molecule has 1 aliphatic heterocycles. The van der Waals surface area contributed by atoms with E-state index in [2.05, 4.69) is 31.9 Å². The smallest absolute Gasteiger partial charge is 0.328 e. The van der Waals surface area contributed by atoms with E-state index in [1.165, 1.54) is 0 Å². The average molecular weight is 717 g/mol. The Bertz CT molecular complexity index is 1640. The minimum atomic E-state index is -1.31. The topological polar surface area (TPSA) is 275 Å². The summed E-state index contributed by atoms with van der Waals surface area (Å²) in [6.45, 7) is -1.12. The number of hydrogen-bond donors (Lipinski definition) is 6. The number of ether oxygens (including phenoxy) is 2. The molecule has 4 atom stereocenters. The maximum Gasteiger partial charge on any atom is 0.328 e. The lowest BCUT2D eigenvalue weighted by atomic mass is 10.0. The number of nitrogens with zero attached hydrogens (tertiary/aromatic N) is 2. The van der Waals surface area contributed by atoms with Crippen LogP contribution in [0.25, 0.3) is 0 Å². The van der Waals surface area contributed by atoms with Gasteiger partial charge in [0.25, 0.3) is 0 Å². The van der Waals surface area contributed by atoms with Crippen LogP contribution in [0.2, 0.25) is 0 Å². The molecule has 52 heavy (non-hydrogen) atoms. The van der Waals surface area contributed by atoms with Gasteiger partial charge in [0, 0.05) is 12.8 Å². The summed E-state index contributed by atoms with van der Waals surface area (Å²) in [4.78, 5) is 99.7. The number of amides is 6. The fourth-order valence-corrected chi connectivity index (χ4v) is 4.90. The van der Waals surface area contributed by atoms with E-state index in [1.807, 2.05) is 12.1 Å². The Morgan fingerprint density at radius 2 is 0.981 bits per heavy atom. The van der Waals surface area contributed by atoms with Crippen molar-refractivity contribution in [1.29, 1.82) is 10.5 Å². The van der Waals surface area contributed by atoms with Crippen LogP contribution in [-0.2, 0) is 60.7 Å². The third-order valence-electron chi connectivity index (χ3n) is 7.62. The second-order valence-corrected chi connectivity index (χ2v) is 11.4. The summed E-state index contributed by atoms with van der Waals surface area (Å²) in [7, 11) is 2.29. The molecule has 2 aromatic rings. The van der Waals surface area contributed by atoms with Crippen LogP contribution in [0.5, 0.6) is 0 Å². The van der Waals surface area contributed by atoms with Crippen molar-refractivity contribution in [3.05, 3.63) is 70.8 Å². The van der Waals surface area contributed by atoms with Crippen molar-refractivity contribution in [3.8, 4) is 12.1 Å². The monoisotopic (exact) mass is 716 g/mol. The molecule has 6 amide bonds. The predicted octanol–water partition coefficient (Wildman–Crippen LogP) is -2.47. The maximum absolute atomic E-state index is 12.6. The van der Waals surface area contributed by atoms with Gasteiger partial charge < -0.3 is 41.4 Å². The highest BCUT2D eigenvalue weighted by Crippen LogP contribution is 2.09. The highest BCUT2D eigenvalue weighted by atomic mass is 16.5. The number of benzene rings is 2. The van der Waals surface area contributed by atoms with Gasteiger partial charge in [-0.25, -0.2) is 9.59 Å². The van der Waals surface area contributed by atoms with E-state index in [-0.39, 0.29) is 12.8 Å². The average Bonchev–Trinajstić information content (AvgIpc) is 3.14. The normalized spacial score (nSPS) is 15.8. The molecule has 1 aliphatic rings. The van der Waals surface area contributed by atoms with E-state index < -0.39 is 97.5 Å². The standard InChI is InChI=1S/C34H36N8O10/c1-51-33(49)25(11-19-3-7-21(15-35)8-4-19)39-29(45)17-37-27(43)13-23-31(47)42-24(32(48)41-23)14-28(44)38-18-30(46)40-26(34(50)52-2)12-20-5-9-22(16-36)10-6-20/h3-10,23-26H,11-14,17-18H2,1-2H3,(H,37,43)(H,38,44)(H,39,45)(H,40,46)(H,41,48)(H,42,47)/t23-,24-,25?,26?/m0/s1. The lowest BCUT2D eigenvalue weighted by Gasteiger charge is -2.29. The predicted molar refractivity (Wildman–Crippen MR) is 177 cm³/mol. The van der Waals surface area contributed by atoms with Crippen LogP contribution in [0.1, 0.15) is 35.1 Å². The second kappa shape index (κ2) is 19.4. The number of nitriles is 2. The van der Waals surface area contributed by atoms with Gasteiger partial charge >= 0.3 is 11.9 Å². The molecular formula is C34H36N8O10. The molecule has 18 nitrogen and oxygen atoms in total. The summed E-state index contributed by atoms with van der Waals surface area (Å²) in [6, 6.07) is 11.8. The van der Waals surface area contributed by atoms with Crippen molar-refractivity contribution < 1.29 is 47.8 Å². The van der Waals surface area contributed by atoms with E-state index in [9.17, 15) is 38.4 Å². The SMILES string of the molecule is COC(=O)C(Cc1ccc(C#N)cc1)NC(=O)CNC(=O)C[C@@H]1NC(=O)[C@H](CC(=O)NCC(=O)NC(Cc2ccc(C#N)cc2)C(=O)OC)NC1=O. The number of hydrogen-bond acceptors (Lipinski definition) is 12. The first-order valence-corrected chi connectivity index (χ1v) is 15.7. The van der Waals surface area contributed by atoms with E-state index in [0.717, 1.165) is 14.2 Å². The summed E-state index contributed by atoms with van der Waals surface area (Å²) in [5, 5.41) is 32.1. The summed E-state index contributed by atoms with van der Waals surface area (Å²) < 4.78 is 9.48. The third kappa shape index (κ3) is 12.3. The van der Waals surface area contributed by atoms with Crippen molar-refractivity contribution >= 4 is 47.4 Å². The highest BCUT2D eigenvalue weighted by molar-refractivity contribution is 6.01. The molecule has 2 aromatic carbocycles. The van der Waals surface area contributed by atoms with Gasteiger partial charge in [-0.1, -0.05) is 24.3 Å². The van der Waals surface area contributed by atoms with Gasteiger partial charge in [-0.05, 0) is 35.4 Å². The summed E-state index contributed by atoms with van der Waals surface area (Å²) in [6.07, 6.45) is -0.982. The minimum Gasteiger partial charge on any atom is -0.467 e. The zero-order chi connectivity index (χ0) is 38.2. The minimum absolute atomic E-state index is 0.0512. The van der Waals surface area contributed by atoms with Crippen molar-refractivity contribution in [2.75, 3.05) is 27.3 Å². The van der Waals surface area contributed by atoms with Gasteiger partial charge in [-0.15, -0.1) is 0 Å². The third-order valence-corrected chi connectivity index (χ3v) is 7.62. The van der Waals surface area contributed by atoms with Gasteiger partial charge in [0.2, 0.25) is 35.4 Å². The van der Waals surface area contributed by atoms with E-state index in [1.54, 1.807) is 48.5 Å². The molecule has 0 radical (unpaired) electrons. The number of nitrogens with one attached hydrogen (secondary N) is 6. The van der Waals surface area contributed by atoms with Crippen LogP contribution in [0.15, 0.2) is 48.5 Å². The number of rotatable bonds is 16. The Balaban J connectivity index is 1.42. The van der Waals surface area contributed by atoms with Crippen molar-refractivity contribution in [1.82, 2.24) is 31.9 Å². The van der Waals surface area contributed by atoms with E-state index in [4.69, 9.17) is 20.0 Å². The molecule has 0 bridgehead atoms. The molecule has 1 heterocycles. The molecule has 272 valence electrons. The number of carbonyl (C=O) groups excluding carboxylic acids is 8. The van der Waals surface area contributed by atoms with Crippen LogP contribution in [-0.4, -0.2) is 98.9 Å². The first kappa shape index (κ1) is 39.6. The van der Waals surface area contributed by atoms with Crippen LogP contribution in [0.3, 0.4) is 0 Å². The van der Waals surface area contributed by atoms with Crippen molar-refractivity contribution in [3.63, 3.8) is 0 Å². The van der Waals surface area contributed by atoms with Gasteiger partial charge in [0.15, 0.2) is 0 Å². The van der Waals surface area contributed by atoms with Crippen LogP contribution >= 0.6 is 0 Å². The lowest BCUT2D eigenvalue weighted by molar-refractivity contribution is -0.145. The largest absolute Gasteiger partial charge is 0.467 e. The zero-order valence-corrected chi connectivity index (χ0v) is 28.1.